The highest BCUT2D eigenvalue weighted by Gasteiger charge is 2.52. The number of ether oxygens (including phenoxy) is 2. The van der Waals surface area contributed by atoms with Crippen LogP contribution in [-0.2, 0) is 16.0 Å². The number of furan rings is 1. The Morgan fingerprint density at radius 1 is 1.10 bits per heavy atom. The van der Waals surface area contributed by atoms with Gasteiger partial charge in [-0.2, -0.15) is 0 Å². The molecule has 31 heavy (non-hydrogen) atoms. The summed E-state index contributed by atoms with van der Waals surface area (Å²) < 4.78 is 15.8. The number of benzene rings is 1. The summed E-state index contributed by atoms with van der Waals surface area (Å²) in [4.78, 5) is 41.1. The van der Waals surface area contributed by atoms with E-state index in [0.717, 1.165) is 10.4 Å². The Morgan fingerprint density at radius 3 is 2.55 bits per heavy atom. The summed E-state index contributed by atoms with van der Waals surface area (Å²) in [6.07, 6.45) is 1.87. The first-order valence-electron chi connectivity index (χ1n) is 9.72. The van der Waals surface area contributed by atoms with Gasteiger partial charge in [-0.25, -0.2) is 0 Å². The minimum absolute atomic E-state index is 0.0782. The van der Waals surface area contributed by atoms with Crippen LogP contribution in [0.3, 0.4) is 0 Å². The van der Waals surface area contributed by atoms with Crippen LogP contribution in [0, 0.1) is 5.92 Å². The van der Waals surface area contributed by atoms with E-state index in [2.05, 4.69) is 0 Å². The maximum Gasteiger partial charge on any atom is 0.291 e. The number of nitrogens with zero attached hydrogens (tertiary/aromatic N) is 1. The Labute approximate surface area is 183 Å². The molecule has 1 aliphatic heterocycles. The lowest BCUT2D eigenvalue weighted by Gasteiger charge is -2.25. The first kappa shape index (κ1) is 20.9. The average Bonchev–Trinajstić information content (AvgIpc) is 3.54. The molecule has 1 amide bonds. The van der Waals surface area contributed by atoms with Crippen LogP contribution in [0.2, 0.25) is 0 Å². The van der Waals surface area contributed by atoms with E-state index >= 15 is 0 Å². The number of hydrogen-bond donors (Lipinski definition) is 0. The molecule has 0 radical (unpaired) electrons. The maximum atomic E-state index is 13.0. The smallest absolute Gasteiger partial charge is 0.291 e. The van der Waals surface area contributed by atoms with E-state index in [1.807, 2.05) is 29.6 Å². The van der Waals surface area contributed by atoms with Crippen LogP contribution in [0.4, 0.5) is 0 Å². The van der Waals surface area contributed by atoms with E-state index in [1.54, 1.807) is 26.4 Å². The van der Waals surface area contributed by atoms with Crippen molar-refractivity contribution >= 4 is 28.8 Å². The number of likely N-dealkylation sites (tertiary alicyclic amines) is 1. The molecule has 1 saturated heterocycles. The van der Waals surface area contributed by atoms with Gasteiger partial charge in [-0.3, -0.25) is 14.4 Å². The number of rotatable bonds is 8. The third kappa shape index (κ3) is 3.86. The molecule has 0 saturated carbocycles. The Hall–Kier alpha value is -3.39. The number of carbonyl (C=O) groups excluding carboxylic acids is 3. The van der Waals surface area contributed by atoms with Crippen molar-refractivity contribution in [2.75, 3.05) is 20.8 Å². The van der Waals surface area contributed by atoms with Gasteiger partial charge in [0, 0.05) is 11.4 Å². The molecule has 7 nitrogen and oxygen atoms in total. The second-order valence-corrected chi connectivity index (χ2v) is 8.06. The number of thiophene rings is 1. The summed E-state index contributed by atoms with van der Waals surface area (Å²) in [6.45, 7) is 0.282. The molecule has 0 N–H and O–H groups in total. The fourth-order valence-corrected chi connectivity index (χ4v) is 4.74. The first-order chi connectivity index (χ1) is 15.0. The van der Waals surface area contributed by atoms with E-state index in [0.29, 0.717) is 17.9 Å². The van der Waals surface area contributed by atoms with E-state index < -0.39 is 29.4 Å². The minimum atomic E-state index is -1.12. The molecule has 3 aromatic rings. The third-order valence-corrected chi connectivity index (χ3v) is 6.32. The molecule has 0 spiro atoms. The number of ketones is 2. The molecule has 4 rings (SSSR count). The molecule has 160 valence electrons. The molecule has 1 fully saturated rings. The number of Topliss-reactive ketones (excluding diaryl/α,β-unsaturated/α-hetero) is 2. The number of methoxy groups -OCH3 is 2. The van der Waals surface area contributed by atoms with E-state index in [4.69, 9.17) is 13.9 Å². The summed E-state index contributed by atoms with van der Waals surface area (Å²) >= 11 is 1.41. The Bertz CT molecular complexity index is 1090. The zero-order chi connectivity index (χ0) is 22.0. The lowest BCUT2D eigenvalue weighted by Crippen LogP contribution is -2.32. The highest BCUT2D eigenvalue weighted by Crippen LogP contribution is 2.40. The SMILES string of the molecule is COc1ccc(CCN2C(=O)C(=O)C(C(=O)c3ccco3)C2c2cccs2)cc1OC. The van der Waals surface area contributed by atoms with Gasteiger partial charge >= 0.3 is 0 Å². The second kappa shape index (κ2) is 8.77. The van der Waals surface area contributed by atoms with Crippen LogP contribution < -0.4 is 9.47 Å². The predicted octanol–water partition coefficient (Wildman–Crippen LogP) is 3.55. The van der Waals surface area contributed by atoms with Crippen LogP contribution in [0.5, 0.6) is 11.5 Å². The van der Waals surface area contributed by atoms with Gasteiger partial charge in [0.2, 0.25) is 11.6 Å². The van der Waals surface area contributed by atoms with Crippen molar-refractivity contribution in [2.45, 2.75) is 12.5 Å². The lowest BCUT2D eigenvalue weighted by molar-refractivity contribution is -0.140. The molecule has 0 aliphatic carbocycles. The van der Waals surface area contributed by atoms with Crippen LogP contribution in [0.25, 0.3) is 0 Å². The topological polar surface area (TPSA) is 86.0 Å². The minimum Gasteiger partial charge on any atom is -0.493 e. The van der Waals surface area contributed by atoms with Gasteiger partial charge in [0.15, 0.2) is 17.3 Å². The quantitative estimate of drug-likeness (QED) is 0.303. The standard InChI is InChI=1S/C23H21NO6S/c1-28-15-8-7-14(13-17(15)29-2)9-10-24-20(18-6-4-12-31-18)19(22(26)23(24)27)21(25)16-5-3-11-30-16/h3-8,11-13,19-20H,9-10H2,1-2H3. The molecule has 2 unspecified atom stereocenters. The van der Waals surface area contributed by atoms with E-state index in [-0.39, 0.29) is 12.3 Å². The highest BCUT2D eigenvalue weighted by molar-refractivity contribution is 7.10. The predicted molar refractivity (Wildman–Crippen MR) is 114 cm³/mol. The molecule has 3 heterocycles. The van der Waals surface area contributed by atoms with E-state index in [9.17, 15) is 14.4 Å². The Kier molecular flexibility index (Phi) is 5.90. The van der Waals surface area contributed by atoms with Gasteiger partial charge in [-0.1, -0.05) is 12.1 Å². The first-order valence-corrected chi connectivity index (χ1v) is 10.6. The van der Waals surface area contributed by atoms with Crippen molar-refractivity contribution in [3.8, 4) is 11.5 Å². The largest absolute Gasteiger partial charge is 0.493 e. The second-order valence-electron chi connectivity index (χ2n) is 7.08. The van der Waals surface area contributed by atoms with Crippen LogP contribution >= 0.6 is 11.3 Å². The molecule has 1 aliphatic rings. The van der Waals surface area contributed by atoms with Gasteiger partial charge in [-0.05, 0) is 47.7 Å². The zero-order valence-electron chi connectivity index (χ0n) is 17.1. The molecule has 2 atom stereocenters. The fraction of sp³-hybridized carbons (Fsp3) is 0.261. The van der Waals surface area contributed by atoms with Crippen LogP contribution in [0.1, 0.15) is 27.0 Å². The van der Waals surface area contributed by atoms with Crippen molar-refractivity contribution in [2.24, 2.45) is 5.92 Å². The molecule has 2 aromatic heterocycles. The number of carbonyl (C=O) groups is 3. The van der Waals surface area contributed by atoms with E-state index in [1.165, 1.54) is 28.6 Å². The van der Waals surface area contributed by atoms with Crippen molar-refractivity contribution in [1.82, 2.24) is 4.90 Å². The number of hydrogen-bond acceptors (Lipinski definition) is 7. The van der Waals surface area contributed by atoms with Gasteiger partial charge < -0.3 is 18.8 Å². The van der Waals surface area contributed by atoms with Gasteiger partial charge in [0.1, 0.15) is 5.92 Å². The summed E-state index contributed by atoms with van der Waals surface area (Å²) in [6, 6.07) is 11.6. The van der Waals surface area contributed by atoms with Crippen molar-refractivity contribution < 1.29 is 28.3 Å². The Balaban J connectivity index is 1.62. The van der Waals surface area contributed by atoms with Gasteiger partial charge in [0.25, 0.3) is 5.91 Å². The maximum absolute atomic E-state index is 13.0. The Morgan fingerprint density at radius 2 is 1.90 bits per heavy atom. The summed E-state index contributed by atoms with van der Waals surface area (Å²) in [5.74, 6) is -1.67. The normalized spacial score (nSPS) is 18.5. The van der Waals surface area contributed by atoms with Crippen LogP contribution in [0.15, 0.2) is 58.5 Å². The summed E-state index contributed by atoms with van der Waals surface area (Å²) in [5, 5.41) is 1.86. The summed E-state index contributed by atoms with van der Waals surface area (Å²) in [5.41, 5.74) is 0.920. The monoisotopic (exact) mass is 439 g/mol. The van der Waals surface area contributed by atoms with Crippen LogP contribution in [-0.4, -0.2) is 43.1 Å². The lowest BCUT2D eigenvalue weighted by atomic mass is 9.91. The molecule has 0 bridgehead atoms. The van der Waals surface area contributed by atoms with Crippen molar-refractivity contribution in [3.63, 3.8) is 0 Å². The van der Waals surface area contributed by atoms with Crippen molar-refractivity contribution in [3.05, 3.63) is 70.3 Å². The average molecular weight is 439 g/mol. The molecular formula is C23H21NO6S. The van der Waals surface area contributed by atoms with Crippen molar-refractivity contribution in [1.29, 1.82) is 0 Å². The number of amides is 1. The third-order valence-electron chi connectivity index (χ3n) is 5.38. The molecule has 8 heteroatoms. The van der Waals surface area contributed by atoms with Gasteiger partial charge in [0.05, 0.1) is 26.5 Å². The highest BCUT2D eigenvalue weighted by atomic mass is 32.1. The fourth-order valence-electron chi connectivity index (χ4n) is 3.86. The summed E-state index contributed by atoms with van der Waals surface area (Å²) in [7, 11) is 3.12. The van der Waals surface area contributed by atoms with Gasteiger partial charge in [-0.15, -0.1) is 11.3 Å². The zero-order valence-corrected chi connectivity index (χ0v) is 17.9. The molecular weight excluding hydrogens is 418 g/mol. The molecule has 1 aromatic carbocycles.